The molecule has 37 heavy (non-hydrogen) atoms. The van der Waals surface area contributed by atoms with Crippen LogP contribution in [0.25, 0.3) is 22.2 Å². The molecule has 0 aliphatic rings. The van der Waals surface area contributed by atoms with Crippen LogP contribution >= 0.6 is 0 Å². The zero-order valence-electron chi connectivity index (χ0n) is 21.1. The summed E-state index contributed by atoms with van der Waals surface area (Å²) in [5.41, 5.74) is 6.75. The Kier molecular flexibility index (Phi) is 7.66. The maximum atomic E-state index is 14.1. The first-order chi connectivity index (χ1) is 18.2. The molecule has 1 unspecified atom stereocenters. The Hall–Kier alpha value is -4.31. The van der Waals surface area contributed by atoms with Gasteiger partial charge in [-0.15, -0.1) is 0 Å². The van der Waals surface area contributed by atoms with Crippen LogP contribution in [0.3, 0.4) is 0 Å². The summed E-state index contributed by atoms with van der Waals surface area (Å²) in [6.07, 6.45) is 7.03. The zero-order chi connectivity index (χ0) is 25.5. The summed E-state index contributed by atoms with van der Waals surface area (Å²) >= 11 is 0. The van der Waals surface area contributed by atoms with Crippen molar-refractivity contribution < 1.29 is 4.79 Å². The van der Waals surface area contributed by atoms with Crippen LogP contribution in [0.4, 0.5) is 0 Å². The number of amides is 1. The van der Waals surface area contributed by atoms with Crippen LogP contribution in [-0.4, -0.2) is 15.9 Å². The highest BCUT2D eigenvalue weighted by Gasteiger charge is 2.23. The van der Waals surface area contributed by atoms with Gasteiger partial charge in [-0.05, 0) is 54.5 Å². The van der Waals surface area contributed by atoms with Crippen molar-refractivity contribution in [3.63, 3.8) is 0 Å². The fourth-order valence-corrected chi connectivity index (χ4v) is 4.94. The van der Waals surface area contributed by atoms with E-state index in [0.717, 1.165) is 64.5 Å². The SMILES string of the molecule is CCC(NC(=O)c1c(CCCc2cccnc2)c(-c2ccccc2)nc2ccccc12)c1ccccc1. The van der Waals surface area contributed by atoms with E-state index in [9.17, 15) is 4.79 Å². The van der Waals surface area contributed by atoms with Crippen LogP contribution in [0, 0.1) is 0 Å². The van der Waals surface area contributed by atoms with E-state index < -0.39 is 0 Å². The van der Waals surface area contributed by atoms with E-state index in [1.807, 2.05) is 72.9 Å². The highest BCUT2D eigenvalue weighted by Crippen LogP contribution is 2.32. The normalized spacial score (nSPS) is 11.8. The summed E-state index contributed by atoms with van der Waals surface area (Å²) in [6, 6.07) is 32.3. The molecule has 0 spiro atoms. The molecule has 4 nitrogen and oxygen atoms in total. The minimum atomic E-state index is -0.0657. The third kappa shape index (κ3) is 5.59. The number of benzene rings is 3. The minimum absolute atomic E-state index is 0.0529. The first-order valence-electron chi connectivity index (χ1n) is 13.0. The highest BCUT2D eigenvalue weighted by atomic mass is 16.1. The van der Waals surface area contributed by atoms with Gasteiger partial charge in [-0.2, -0.15) is 0 Å². The lowest BCUT2D eigenvalue weighted by Crippen LogP contribution is -2.29. The molecule has 5 rings (SSSR count). The molecule has 0 saturated carbocycles. The predicted octanol–water partition coefficient (Wildman–Crippen LogP) is 7.35. The summed E-state index contributed by atoms with van der Waals surface area (Å²) in [4.78, 5) is 23.4. The number of hydrogen-bond donors (Lipinski definition) is 1. The summed E-state index contributed by atoms with van der Waals surface area (Å²) < 4.78 is 0. The molecular formula is C33H31N3O. The van der Waals surface area contributed by atoms with E-state index in [-0.39, 0.29) is 11.9 Å². The number of nitrogens with one attached hydrogen (secondary N) is 1. The van der Waals surface area contributed by atoms with Crippen LogP contribution in [-0.2, 0) is 12.8 Å². The van der Waals surface area contributed by atoms with Crippen molar-refractivity contribution in [3.8, 4) is 11.3 Å². The number of aromatic nitrogens is 2. The van der Waals surface area contributed by atoms with E-state index in [4.69, 9.17) is 4.98 Å². The van der Waals surface area contributed by atoms with Crippen molar-refractivity contribution >= 4 is 16.8 Å². The molecular weight excluding hydrogens is 454 g/mol. The summed E-state index contributed by atoms with van der Waals surface area (Å²) in [6.45, 7) is 2.10. The van der Waals surface area contributed by atoms with Crippen LogP contribution in [0.2, 0.25) is 0 Å². The van der Waals surface area contributed by atoms with Crippen LogP contribution in [0.15, 0.2) is 109 Å². The van der Waals surface area contributed by atoms with Crippen molar-refractivity contribution in [2.45, 2.75) is 38.6 Å². The molecule has 5 aromatic rings. The molecule has 1 amide bonds. The molecule has 184 valence electrons. The van der Waals surface area contributed by atoms with E-state index in [2.05, 4.69) is 47.6 Å². The molecule has 0 fully saturated rings. The fraction of sp³-hybridized carbons (Fsp3) is 0.182. The summed E-state index contributed by atoms with van der Waals surface area (Å²) in [5, 5.41) is 4.23. The Morgan fingerprint density at radius 2 is 1.57 bits per heavy atom. The second-order valence-corrected chi connectivity index (χ2v) is 9.26. The Labute approximate surface area is 218 Å². The van der Waals surface area contributed by atoms with Gasteiger partial charge in [-0.3, -0.25) is 9.78 Å². The first-order valence-corrected chi connectivity index (χ1v) is 13.0. The quantitative estimate of drug-likeness (QED) is 0.237. The third-order valence-electron chi connectivity index (χ3n) is 6.80. The number of pyridine rings is 2. The lowest BCUT2D eigenvalue weighted by Gasteiger charge is -2.21. The van der Waals surface area contributed by atoms with E-state index in [1.165, 1.54) is 5.56 Å². The standard InChI is InChI=1S/C33H31N3O/c1-2-29(25-15-5-3-6-16-25)36-33(37)31-27-19-9-10-21-30(27)35-32(26-17-7-4-8-18-26)28(31)20-11-13-24-14-12-22-34-23-24/h3-10,12,14-19,21-23,29H,2,11,13,20H2,1H3,(H,36,37). The van der Waals surface area contributed by atoms with E-state index >= 15 is 0 Å². The smallest absolute Gasteiger partial charge is 0.252 e. The van der Waals surface area contributed by atoms with Gasteiger partial charge in [0.1, 0.15) is 0 Å². The van der Waals surface area contributed by atoms with Gasteiger partial charge >= 0.3 is 0 Å². The lowest BCUT2D eigenvalue weighted by molar-refractivity contribution is 0.0936. The number of carbonyl (C=O) groups excluding carboxylic acids is 1. The number of fused-ring (bicyclic) bond motifs is 1. The van der Waals surface area contributed by atoms with E-state index in [0.29, 0.717) is 0 Å². The van der Waals surface area contributed by atoms with Crippen molar-refractivity contribution in [1.29, 1.82) is 0 Å². The third-order valence-corrected chi connectivity index (χ3v) is 6.80. The number of nitrogens with zero attached hydrogens (tertiary/aromatic N) is 2. The summed E-state index contributed by atoms with van der Waals surface area (Å²) in [7, 11) is 0. The molecule has 4 heteroatoms. The monoisotopic (exact) mass is 485 g/mol. The molecule has 0 radical (unpaired) electrons. The van der Waals surface area contributed by atoms with Gasteiger partial charge in [0.2, 0.25) is 0 Å². The van der Waals surface area contributed by atoms with Gasteiger partial charge in [0.05, 0.1) is 22.8 Å². The number of para-hydroxylation sites is 1. The van der Waals surface area contributed by atoms with Crippen molar-refractivity contribution in [3.05, 3.63) is 132 Å². The first kappa shape index (κ1) is 24.4. The molecule has 0 saturated heterocycles. The van der Waals surface area contributed by atoms with Crippen molar-refractivity contribution in [1.82, 2.24) is 15.3 Å². The summed E-state index contributed by atoms with van der Waals surface area (Å²) in [5.74, 6) is -0.0529. The lowest BCUT2D eigenvalue weighted by atomic mass is 9.91. The molecule has 3 aromatic carbocycles. The Morgan fingerprint density at radius 3 is 2.30 bits per heavy atom. The molecule has 2 aromatic heterocycles. The molecule has 0 aliphatic heterocycles. The number of aryl methyl sites for hydroxylation is 1. The van der Waals surface area contributed by atoms with E-state index in [1.54, 1.807) is 6.20 Å². The minimum Gasteiger partial charge on any atom is -0.345 e. The van der Waals surface area contributed by atoms with Crippen LogP contribution in [0.5, 0.6) is 0 Å². The highest BCUT2D eigenvalue weighted by molar-refractivity contribution is 6.09. The van der Waals surface area contributed by atoms with Crippen LogP contribution in [0.1, 0.15) is 52.9 Å². The molecule has 2 heterocycles. The maximum absolute atomic E-state index is 14.1. The average molecular weight is 486 g/mol. The topological polar surface area (TPSA) is 54.9 Å². The maximum Gasteiger partial charge on any atom is 0.252 e. The number of hydrogen-bond acceptors (Lipinski definition) is 3. The predicted molar refractivity (Wildman–Crippen MR) is 150 cm³/mol. The average Bonchev–Trinajstić information content (AvgIpc) is 2.96. The van der Waals surface area contributed by atoms with Gasteiger partial charge in [0.15, 0.2) is 0 Å². The Morgan fingerprint density at radius 1 is 0.838 bits per heavy atom. The van der Waals surface area contributed by atoms with Crippen molar-refractivity contribution in [2.24, 2.45) is 0 Å². The second-order valence-electron chi connectivity index (χ2n) is 9.26. The van der Waals surface area contributed by atoms with Gasteiger partial charge in [0, 0.05) is 23.3 Å². The van der Waals surface area contributed by atoms with Gasteiger partial charge in [-0.1, -0.05) is 91.9 Å². The molecule has 0 bridgehead atoms. The Balaban J connectivity index is 1.59. The zero-order valence-corrected chi connectivity index (χ0v) is 21.1. The van der Waals surface area contributed by atoms with Gasteiger partial charge < -0.3 is 5.32 Å². The number of carbonyl (C=O) groups is 1. The molecule has 1 N–H and O–H groups in total. The second kappa shape index (κ2) is 11.6. The van der Waals surface area contributed by atoms with Gasteiger partial charge in [0.25, 0.3) is 5.91 Å². The van der Waals surface area contributed by atoms with Gasteiger partial charge in [-0.25, -0.2) is 4.98 Å². The van der Waals surface area contributed by atoms with Crippen molar-refractivity contribution in [2.75, 3.05) is 0 Å². The fourth-order valence-electron chi connectivity index (χ4n) is 4.94. The molecule has 1 atom stereocenters. The number of rotatable bonds is 9. The Bertz CT molecular complexity index is 1470. The molecule has 0 aliphatic carbocycles. The van der Waals surface area contributed by atoms with Crippen LogP contribution < -0.4 is 5.32 Å². The largest absolute Gasteiger partial charge is 0.345 e.